The molecule has 1 aliphatic heterocycles. The van der Waals surface area contributed by atoms with Crippen LogP contribution in [0.25, 0.3) is 11.3 Å². The topological polar surface area (TPSA) is 111 Å². The Labute approximate surface area is 296 Å². The molecule has 4 fully saturated rings. The van der Waals surface area contributed by atoms with Crippen LogP contribution in [0.5, 0.6) is 5.75 Å². The van der Waals surface area contributed by atoms with E-state index in [1.807, 2.05) is 34.9 Å². The number of ether oxygens (including phenoxy) is 2. The number of anilines is 1. The molecule has 0 radical (unpaired) electrons. The molecule has 7 rings (SSSR count). The van der Waals surface area contributed by atoms with E-state index in [0.717, 1.165) is 85.9 Å². The van der Waals surface area contributed by atoms with E-state index in [0.29, 0.717) is 61.7 Å². The summed E-state index contributed by atoms with van der Waals surface area (Å²) in [6, 6.07) is 8.05. The maximum Gasteiger partial charge on any atom is 0.410 e. The van der Waals surface area contributed by atoms with Gasteiger partial charge in [-0.3, -0.25) is 14.7 Å². The van der Waals surface area contributed by atoms with Crippen LogP contribution in [0.4, 0.5) is 10.6 Å². The van der Waals surface area contributed by atoms with Gasteiger partial charge >= 0.3 is 6.09 Å². The Balaban J connectivity index is 1.02. The lowest BCUT2D eigenvalue weighted by Crippen LogP contribution is -2.55. The van der Waals surface area contributed by atoms with Gasteiger partial charge in [0.2, 0.25) is 5.91 Å². The number of hydrogen-bond donors (Lipinski definition) is 0. The zero-order valence-electron chi connectivity index (χ0n) is 30.4. The summed E-state index contributed by atoms with van der Waals surface area (Å²) in [5.41, 5.74) is 3.93. The molecule has 268 valence electrons. The number of pyridine rings is 2. The van der Waals surface area contributed by atoms with Crippen LogP contribution in [0.1, 0.15) is 114 Å². The number of hydrogen-bond acceptors (Lipinski definition) is 8. The summed E-state index contributed by atoms with van der Waals surface area (Å²) in [4.78, 5) is 45.4. The molecule has 4 heterocycles. The summed E-state index contributed by atoms with van der Waals surface area (Å²) in [5.74, 6) is 3.95. The maximum atomic E-state index is 14.4. The van der Waals surface area contributed by atoms with Gasteiger partial charge in [-0.05, 0) is 113 Å². The van der Waals surface area contributed by atoms with Crippen LogP contribution in [-0.4, -0.2) is 64.7 Å². The molecule has 0 N–H and O–H groups in total. The third kappa shape index (κ3) is 7.69. The van der Waals surface area contributed by atoms with E-state index in [4.69, 9.17) is 28.8 Å². The zero-order valence-corrected chi connectivity index (χ0v) is 30.4. The van der Waals surface area contributed by atoms with Crippen LogP contribution in [0.2, 0.25) is 0 Å². The molecule has 0 bridgehead atoms. The van der Waals surface area contributed by atoms with Gasteiger partial charge < -0.3 is 18.8 Å². The summed E-state index contributed by atoms with van der Waals surface area (Å²) in [5, 5.41) is 0. The fourth-order valence-electron chi connectivity index (χ4n) is 7.91. The van der Waals surface area contributed by atoms with Crippen molar-refractivity contribution in [3.8, 4) is 17.0 Å². The number of aryl methyl sites for hydroxylation is 1. The summed E-state index contributed by atoms with van der Waals surface area (Å²) >= 11 is 0. The molecule has 0 aromatic carbocycles. The standard InChI is InChI=1S/C40H53N5O5/c1-25-35(48-5)17-16-33(42-25)27-8-6-26(7-9-27)21-45(36-20-30(18-19-41-36)34-24-49-37(43-34)28-10-11-28)38(46)29-12-14-32(15-13-29)50-39(47)44-22-31(23-44)40(2,3)4/h16-20,24,26-29,31-32H,6-15,21-23H2,1-5H3. The zero-order chi connectivity index (χ0) is 35.0. The van der Waals surface area contributed by atoms with E-state index in [2.05, 4.69) is 26.8 Å². The Bertz CT molecular complexity index is 1660. The molecule has 3 aromatic heterocycles. The van der Waals surface area contributed by atoms with Gasteiger partial charge in [-0.1, -0.05) is 20.8 Å². The molecule has 3 aliphatic carbocycles. The second kappa shape index (κ2) is 14.3. The first-order valence-corrected chi connectivity index (χ1v) is 18.8. The first-order valence-electron chi connectivity index (χ1n) is 18.8. The van der Waals surface area contributed by atoms with Crippen molar-refractivity contribution in [1.29, 1.82) is 0 Å². The number of aromatic nitrogens is 3. The molecule has 50 heavy (non-hydrogen) atoms. The lowest BCUT2D eigenvalue weighted by molar-refractivity contribution is -0.124. The maximum absolute atomic E-state index is 14.4. The summed E-state index contributed by atoms with van der Waals surface area (Å²) < 4.78 is 17.1. The Morgan fingerprint density at radius 1 is 0.940 bits per heavy atom. The first kappa shape index (κ1) is 34.5. The molecule has 10 heteroatoms. The number of carbonyl (C=O) groups is 2. The summed E-state index contributed by atoms with van der Waals surface area (Å²) in [6.45, 7) is 10.8. The largest absolute Gasteiger partial charge is 0.495 e. The van der Waals surface area contributed by atoms with Crippen molar-refractivity contribution in [2.75, 3.05) is 31.6 Å². The molecule has 10 nitrogen and oxygen atoms in total. The number of methoxy groups -OCH3 is 1. The van der Waals surface area contributed by atoms with E-state index in [9.17, 15) is 9.59 Å². The monoisotopic (exact) mass is 683 g/mol. The van der Waals surface area contributed by atoms with E-state index < -0.39 is 0 Å². The third-order valence-electron chi connectivity index (χ3n) is 11.7. The lowest BCUT2D eigenvalue weighted by atomic mass is 9.76. The van der Waals surface area contributed by atoms with Crippen molar-refractivity contribution in [2.24, 2.45) is 23.2 Å². The highest BCUT2D eigenvalue weighted by Crippen LogP contribution is 2.41. The van der Waals surface area contributed by atoms with Gasteiger partial charge in [-0.15, -0.1) is 0 Å². The number of oxazole rings is 1. The quantitative estimate of drug-likeness (QED) is 0.222. The second-order valence-electron chi connectivity index (χ2n) is 16.3. The van der Waals surface area contributed by atoms with E-state index >= 15 is 0 Å². The predicted molar refractivity (Wildman–Crippen MR) is 191 cm³/mol. The van der Waals surface area contributed by atoms with Crippen LogP contribution >= 0.6 is 0 Å². The van der Waals surface area contributed by atoms with E-state index in [1.165, 1.54) is 0 Å². The molecular formula is C40H53N5O5. The molecule has 4 aliphatic rings. The molecule has 3 aromatic rings. The van der Waals surface area contributed by atoms with Crippen LogP contribution in [0.3, 0.4) is 0 Å². The molecule has 0 atom stereocenters. The van der Waals surface area contributed by atoms with Crippen molar-refractivity contribution in [3.63, 3.8) is 0 Å². The number of carbonyl (C=O) groups excluding carboxylic acids is 2. The molecule has 3 saturated carbocycles. The third-order valence-corrected chi connectivity index (χ3v) is 11.7. The average molecular weight is 684 g/mol. The molecular weight excluding hydrogens is 630 g/mol. The van der Waals surface area contributed by atoms with Gasteiger partial charge in [0.05, 0.1) is 12.8 Å². The van der Waals surface area contributed by atoms with Gasteiger partial charge in [-0.25, -0.2) is 14.8 Å². The molecule has 2 amide bonds. The Morgan fingerprint density at radius 3 is 2.32 bits per heavy atom. The SMILES string of the molecule is COc1ccc(C2CCC(CN(C(=O)C3CCC(OC(=O)N4CC(C(C)(C)C)C4)CC3)c3cc(-c4coc(C5CC5)n4)ccn3)CC2)nc1C. The van der Waals surface area contributed by atoms with Crippen molar-refractivity contribution in [2.45, 2.75) is 110 Å². The van der Waals surface area contributed by atoms with Gasteiger partial charge in [0, 0.05) is 54.8 Å². The molecule has 0 spiro atoms. The lowest BCUT2D eigenvalue weighted by Gasteiger charge is -2.46. The minimum atomic E-state index is -0.212. The van der Waals surface area contributed by atoms with Crippen LogP contribution in [0.15, 0.2) is 41.1 Å². The minimum absolute atomic E-state index is 0.114. The fraction of sp³-hybridized carbons (Fsp3) is 0.625. The number of rotatable bonds is 9. The predicted octanol–water partition coefficient (Wildman–Crippen LogP) is 8.31. The Kier molecular flexibility index (Phi) is 9.90. The van der Waals surface area contributed by atoms with Crippen LogP contribution in [-0.2, 0) is 9.53 Å². The van der Waals surface area contributed by atoms with Crippen molar-refractivity contribution >= 4 is 17.8 Å². The fourth-order valence-corrected chi connectivity index (χ4v) is 7.91. The number of likely N-dealkylation sites (tertiary alicyclic amines) is 1. The Morgan fingerprint density at radius 2 is 1.66 bits per heavy atom. The average Bonchev–Trinajstić information content (AvgIpc) is 3.82. The number of amides is 2. The van der Waals surface area contributed by atoms with E-state index in [-0.39, 0.29) is 29.4 Å². The Hall–Kier alpha value is -3.95. The summed E-state index contributed by atoms with van der Waals surface area (Å²) in [7, 11) is 1.68. The molecule has 1 saturated heterocycles. The summed E-state index contributed by atoms with van der Waals surface area (Å²) in [6.07, 6.45) is 12.3. The smallest absolute Gasteiger partial charge is 0.410 e. The first-order chi connectivity index (χ1) is 24.1. The van der Waals surface area contributed by atoms with Crippen molar-refractivity contribution in [3.05, 3.63) is 54.0 Å². The van der Waals surface area contributed by atoms with Gasteiger partial charge in [0.15, 0.2) is 5.89 Å². The number of nitrogens with zero attached hydrogens (tertiary/aromatic N) is 5. The molecule has 0 unspecified atom stereocenters. The highest BCUT2D eigenvalue weighted by Gasteiger charge is 2.40. The van der Waals surface area contributed by atoms with E-state index in [1.54, 1.807) is 19.6 Å². The van der Waals surface area contributed by atoms with Crippen molar-refractivity contribution in [1.82, 2.24) is 19.9 Å². The van der Waals surface area contributed by atoms with Crippen LogP contribution < -0.4 is 9.64 Å². The highest BCUT2D eigenvalue weighted by atomic mass is 16.6. The minimum Gasteiger partial charge on any atom is -0.495 e. The normalized spacial score (nSPS) is 24.4. The van der Waals surface area contributed by atoms with Gasteiger partial charge in [0.1, 0.15) is 29.6 Å². The van der Waals surface area contributed by atoms with Crippen molar-refractivity contribution < 1.29 is 23.5 Å². The van der Waals surface area contributed by atoms with Gasteiger partial charge in [-0.2, -0.15) is 0 Å². The second-order valence-corrected chi connectivity index (χ2v) is 16.3. The highest BCUT2D eigenvalue weighted by molar-refractivity contribution is 5.94. The van der Waals surface area contributed by atoms with Crippen LogP contribution in [0, 0.1) is 30.1 Å². The van der Waals surface area contributed by atoms with Gasteiger partial charge in [0.25, 0.3) is 0 Å².